The minimum absolute atomic E-state index is 0.891. The molecule has 0 heterocycles. The third kappa shape index (κ3) is 15.7. The molecule has 0 rings (SSSR count). The highest BCUT2D eigenvalue weighted by Gasteiger charge is 1.92. The Kier molecular flexibility index (Phi) is 13.5. The number of hydrogen-bond donors (Lipinski definition) is 0. The van der Waals surface area contributed by atoms with E-state index in [2.05, 4.69) is 26.8 Å². The second-order valence-electron chi connectivity index (χ2n) is 5.16. The molecule has 17 heavy (non-hydrogen) atoms. The molecule has 0 atom stereocenters. The van der Waals surface area contributed by atoms with Crippen LogP contribution in [-0.2, 0) is 4.74 Å². The monoisotopic (exact) mass is 240 g/mol. The smallest absolute Gasteiger partial charge is 0.0500 e. The SMILES string of the molecule is CCCCCCCCCCOCCC=C(C)C. The second-order valence-corrected chi connectivity index (χ2v) is 5.16. The molecule has 102 valence electrons. The number of hydrogen-bond acceptors (Lipinski definition) is 1. The minimum atomic E-state index is 0.891. The van der Waals surface area contributed by atoms with Crippen LogP contribution in [0.1, 0.15) is 78.6 Å². The van der Waals surface area contributed by atoms with Crippen molar-refractivity contribution in [3.05, 3.63) is 11.6 Å². The lowest BCUT2D eigenvalue weighted by molar-refractivity contribution is 0.134. The summed E-state index contributed by atoms with van der Waals surface area (Å²) in [5.74, 6) is 0. The van der Waals surface area contributed by atoms with Crippen LogP contribution >= 0.6 is 0 Å². The first-order valence-electron chi connectivity index (χ1n) is 7.48. The number of allylic oxidation sites excluding steroid dienone is 1. The van der Waals surface area contributed by atoms with E-state index >= 15 is 0 Å². The molecule has 0 aliphatic heterocycles. The molecule has 0 amide bonds. The average molecular weight is 240 g/mol. The Labute approximate surface area is 109 Å². The van der Waals surface area contributed by atoms with Crippen molar-refractivity contribution in [2.45, 2.75) is 78.6 Å². The molecule has 0 spiro atoms. The van der Waals surface area contributed by atoms with Gasteiger partial charge in [-0.15, -0.1) is 0 Å². The summed E-state index contributed by atoms with van der Waals surface area (Å²) < 4.78 is 5.58. The molecule has 0 aliphatic carbocycles. The van der Waals surface area contributed by atoms with Gasteiger partial charge in [-0.1, -0.05) is 63.5 Å². The van der Waals surface area contributed by atoms with Gasteiger partial charge in [-0.2, -0.15) is 0 Å². The summed E-state index contributed by atoms with van der Waals surface area (Å²) in [6.07, 6.45) is 14.3. The fourth-order valence-corrected chi connectivity index (χ4v) is 1.87. The fourth-order valence-electron chi connectivity index (χ4n) is 1.87. The first kappa shape index (κ1) is 16.7. The summed E-state index contributed by atoms with van der Waals surface area (Å²) >= 11 is 0. The zero-order valence-electron chi connectivity index (χ0n) is 12.3. The third-order valence-corrected chi connectivity index (χ3v) is 2.96. The molecular formula is C16H32O. The molecule has 0 fully saturated rings. The zero-order valence-corrected chi connectivity index (χ0v) is 12.3. The van der Waals surface area contributed by atoms with E-state index in [0.717, 1.165) is 19.6 Å². The summed E-state index contributed by atoms with van der Waals surface area (Å²) in [6, 6.07) is 0. The lowest BCUT2D eigenvalue weighted by Gasteiger charge is -2.03. The van der Waals surface area contributed by atoms with E-state index in [-0.39, 0.29) is 0 Å². The first-order chi connectivity index (χ1) is 8.27. The van der Waals surface area contributed by atoms with E-state index in [4.69, 9.17) is 4.74 Å². The number of unbranched alkanes of at least 4 members (excludes halogenated alkanes) is 7. The highest BCUT2D eigenvalue weighted by Crippen LogP contribution is 2.08. The molecule has 0 aliphatic rings. The van der Waals surface area contributed by atoms with E-state index in [9.17, 15) is 0 Å². The van der Waals surface area contributed by atoms with Crippen LogP contribution in [-0.4, -0.2) is 13.2 Å². The van der Waals surface area contributed by atoms with Crippen LogP contribution in [0, 0.1) is 0 Å². The van der Waals surface area contributed by atoms with Crippen molar-refractivity contribution >= 4 is 0 Å². The Morgan fingerprint density at radius 3 is 2.00 bits per heavy atom. The van der Waals surface area contributed by atoms with Gasteiger partial charge in [-0.25, -0.2) is 0 Å². The van der Waals surface area contributed by atoms with Gasteiger partial charge in [0.15, 0.2) is 0 Å². The van der Waals surface area contributed by atoms with Crippen LogP contribution in [0.2, 0.25) is 0 Å². The average Bonchev–Trinajstić information content (AvgIpc) is 2.30. The lowest BCUT2D eigenvalue weighted by Crippen LogP contribution is -1.96. The molecule has 0 aromatic rings. The summed E-state index contributed by atoms with van der Waals surface area (Å²) in [5, 5.41) is 0. The van der Waals surface area contributed by atoms with E-state index in [0.29, 0.717) is 0 Å². The predicted octanol–water partition coefficient (Wildman–Crippen LogP) is 5.50. The molecule has 1 heteroatoms. The maximum Gasteiger partial charge on any atom is 0.0500 e. The fraction of sp³-hybridized carbons (Fsp3) is 0.875. The molecule has 0 N–H and O–H groups in total. The van der Waals surface area contributed by atoms with Gasteiger partial charge in [0.05, 0.1) is 6.61 Å². The largest absolute Gasteiger partial charge is 0.381 e. The van der Waals surface area contributed by atoms with Gasteiger partial charge in [-0.05, 0) is 26.7 Å². The molecular weight excluding hydrogens is 208 g/mol. The quantitative estimate of drug-likeness (QED) is 0.323. The molecule has 0 saturated carbocycles. The first-order valence-corrected chi connectivity index (χ1v) is 7.48. The van der Waals surface area contributed by atoms with Crippen molar-refractivity contribution in [3.63, 3.8) is 0 Å². The van der Waals surface area contributed by atoms with Gasteiger partial charge in [0.2, 0.25) is 0 Å². The van der Waals surface area contributed by atoms with E-state index in [1.54, 1.807) is 0 Å². The van der Waals surface area contributed by atoms with Crippen LogP contribution in [0.5, 0.6) is 0 Å². The highest BCUT2D eigenvalue weighted by molar-refractivity contribution is 4.92. The Morgan fingerprint density at radius 1 is 0.824 bits per heavy atom. The second kappa shape index (κ2) is 13.8. The van der Waals surface area contributed by atoms with Crippen LogP contribution in [0.25, 0.3) is 0 Å². The molecule has 0 aromatic carbocycles. The van der Waals surface area contributed by atoms with Gasteiger partial charge < -0.3 is 4.74 Å². The van der Waals surface area contributed by atoms with E-state index < -0.39 is 0 Å². The van der Waals surface area contributed by atoms with Crippen molar-refractivity contribution in [2.24, 2.45) is 0 Å². The molecule has 0 aromatic heterocycles. The molecule has 0 radical (unpaired) electrons. The summed E-state index contributed by atoms with van der Waals surface area (Å²) in [5.41, 5.74) is 1.39. The Balaban J connectivity index is 2.96. The summed E-state index contributed by atoms with van der Waals surface area (Å²) in [7, 11) is 0. The van der Waals surface area contributed by atoms with Crippen molar-refractivity contribution in [2.75, 3.05) is 13.2 Å². The number of ether oxygens (including phenoxy) is 1. The minimum Gasteiger partial charge on any atom is -0.381 e. The van der Waals surface area contributed by atoms with Crippen LogP contribution in [0.4, 0.5) is 0 Å². The van der Waals surface area contributed by atoms with Crippen molar-refractivity contribution < 1.29 is 4.74 Å². The highest BCUT2D eigenvalue weighted by atomic mass is 16.5. The normalized spacial score (nSPS) is 10.5. The van der Waals surface area contributed by atoms with Gasteiger partial charge in [0.25, 0.3) is 0 Å². The van der Waals surface area contributed by atoms with E-state index in [1.807, 2.05) is 0 Å². The molecule has 0 bridgehead atoms. The predicted molar refractivity (Wildman–Crippen MR) is 77.5 cm³/mol. The van der Waals surface area contributed by atoms with Gasteiger partial charge in [0, 0.05) is 6.61 Å². The Hall–Kier alpha value is -0.300. The molecule has 0 unspecified atom stereocenters. The maximum absolute atomic E-state index is 5.58. The van der Waals surface area contributed by atoms with Gasteiger partial charge >= 0.3 is 0 Å². The van der Waals surface area contributed by atoms with Gasteiger partial charge in [-0.3, -0.25) is 0 Å². The van der Waals surface area contributed by atoms with Gasteiger partial charge in [0.1, 0.15) is 0 Å². The van der Waals surface area contributed by atoms with Crippen LogP contribution < -0.4 is 0 Å². The Morgan fingerprint density at radius 2 is 1.41 bits per heavy atom. The standard InChI is InChI=1S/C16H32O/c1-4-5-6-7-8-9-10-11-14-17-15-12-13-16(2)3/h13H,4-12,14-15H2,1-3H3. The van der Waals surface area contributed by atoms with Crippen LogP contribution in [0.3, 0.4) is 0 Å². The zero-order chi connectivity index (χ0) is 12.8. The summed E-state index contributed by atoms with van der Waals surface area (Å²) in [6.45, 7) is 8.39. The lowest BCUT2D eigenvalue weighted by atomic mass is 10.1. The van der Waals surface area contributed by atoms with Crippen molar-refractivity contribution in [3.8, 4) is 0 Å². The van der Waals surface area contributed by atoms with Crippen LogP contribution in [0.15, 0.2) is 11.6 Å². The third-order valence-electron chi connectivity index (χ3n) is 2.96. The summed E-state index contributed by atoms with van der Waals surface area (Å²) in [4.78, 5) is 0. The topological polar surface area (TPSA) is 9.23 Å². The molecule has 0 saturated heterocycles. The molecule has 1 nitrogen and oxygen atoms in total. The maximum atomic E-state index is 5.58. The Bertz CT molecular complexity index is 168. The van der Waals surface area contributed by atoms with Crippen molar-refractivity contribution in [1.29, 1.82) is 0 Å². The van der Waals surface area contributed by atoms with Crippen molar-refractivity contribution in [1.82, 2.24) is 0 Å². The number of rotatable bonds is 12. The van der Waals surface area contributed by atoms with E-state index in [1.165, 1.54) is 56.9 Å².